The molecule has 2 aliphatic rings. The fraction of sp³-hybridized carbons (Fsp3) is 0.250. The molecular formula is C28H26FN5O3S. The Kier molecular flexibility index (Phi) is 5.69. The molecule has 0 spiro atoms. The number of hydrogen-bond acceptors (Lipinski definition) is 5. The Balaban J connectivity index is 1.46. The van der Waals surface area contributed by atoms with Crippen LogP contribution in [0.2, 0.25) is 0 Å². The molecular weight excluding hydrogens is 505 g/mol. The van der Waals surface area contributed by atoms with Crippen molar-refractivity contribution in [1.82, 2.24) is 23.6 Å². The number of aromatic nitrogens is 4. The quantitative estimate of drug-likeness (QED) is 0.364. The van der Waals surface area contributed by atoms with Gasteiger partial charge in [0.2, 0.25) is 15.8 Å². The number of fused-ring (bicyclic) bond motifs is 2. The van der Waals surface area contributed by atoms with Crippen LogP contribution in [0.1, 0.15) is 33.9 Å². The third-order valence-corrected chi connectivity index (χ3v) is 9.38. The molecule has 0 saturated carbocycles. The number of imidazole rings is 1. The van der Waals surface area contributed by atoms with E-state index in [9.17, 15) is 17.6 Å². The second-order valence-electron chi connectivity index (χ2n) is 9.97. The minimum atomic E-state index is -3.83. The number of carbonyl (C=O) groups excluding carboxylic acids is 1. The van der Waals surface area contributed by atoms with Gasteiger partial charge in [0.15, 0.2) is 5.82 Å². The molecule has 1 atom stereocenters. The molecule has 4 aromatic rings. The summed E-state index contributed by atoms with van der Waals surface area (Å²) in [6.45, 7) is 2.10. The first-order valence-corrected chi connectivity index (χ1v) is 13.8. The van der Waals surface area contributed by atoms with Crippen molar-refractivity contribution >= 4 is 21.9 Å². The molecule has 1 aliphatic heterocycles. The van der Waals surface area contributed by atoms with Gasteiger partial charge in [-0.2, -0.15) is 9.40 Å². The van der Waals surface area contributed by atoms with E-state index in [1.165, 1.54) is 16.4 Å². The standard InChI is InChI=1S/C28H26FN5O3S/c1-19-4-3-5-24(14-19)38(36,37)33-12-10-21-15-25-20(17-31-34(25)23-8-6-22(29)7-9-23)16-28(21,18-33)26(35)27-30-11-13-32(27)2/h3-9,11,13-15,17H,10,12,16,18H2,1-2H3/t28-/m0/s1. The predicted molar refractivity (Wildman–Crippen MR) is 140 cm³/mol. The van der Waals surface area contributed by atoms with Gasteiger partial charge in [-0.15, -0.1) is 0 Å². The molecule has 6 rings (SSSR count). The number of Topliss-reactive ketones (excluding diaryl/α,β-unsaturated/α-hetero) is 1. The Morgan fingerprint density at radius 3 is 2.63 bits per heavy atom. The van der Waals surface area contributed by atoms with Gasteiger partial charge >= 0.3 is 0 Å². The number of nitrogens with zero attached hydrogens (tertiary/aromatic N) is 5. The summed E-state index contributed by atoms with van der Waals surface area (Å²) in [5.74, 6) is -0.282. The van der Waals surface area contributed by atoms with Gasteiger partial charge in [-0.1, -0.05) is 17.7 Å². The second kappa shape index (κ2) is 8.85. The number of halogens is 1. The third-order valence-electron chi connectivity index (χ3n) is 7.54. The molecule has 10 heteroatoms. The number of rotatable bonds is 5. The largest absolute Gasteiger partial charge is 0.332 e. The van der Waals surface area contributed by atoms with Gasteiger partial charge in [0, 0.05) is 32.5 Å². The molecule has 2 aromatic heterocycles. The van der Waals surface area contributed by atoms with Gasteiger partial charge in [-0.3, -0.25) is 4.79 Å². The van der Waals surface area contributed by atoms with Crippen LogP contribution in [0.15, 0.2) is 77.6 Å². The molecule has 0 amide bonds. The van der Waals surface area contributed by atoms with E-state index in [0.717, 1.165) is 22.4 Å². The Labute approximate surface area is 220 Å². The molecule has 0 radical (unpaired) electrons. The SMILES string of the molecule is Cc1cccc(S(=O)(=O)N2CCC3=Cc4c(cnn4-c4ccc(F)cc4)C[C@]3(C(=O)c3nccn3C)C2)c1. The smallest absolute Gasteiger partial charge is 0.243 e. The average Bonchev–Trinajstić information content (AvgIpc) is 3.52. The molecule has 2 aromatic carbocycles. The van der Waals surface area contributed by atoms with E-state index in [0.29, 0.717) is 12.1 Å². The summed E-state index contributed by atoms with van der Waals surface area (Å²) in [5.41, 5.74) is 2.89. The third kappa shape index (κ3) is 3.83. The minimum Gasteiger partial charge on any atom is -0.332 e. The number of carbonyl (C=O) groups is 1. The van der Waals surface area contributed by atoms with Crippen LogP contribution in [0, 0.1) is 18.2 Å². The van der Waals surface area contributed by atoms with E-state index in [1.807, 2.05) is 19.1 Å². The van der Waals surface area contributed by atoms with Crippen molar-refractivity contribution in [1.29, 1.82) is 0 Å². The lowest BCUT2D eigenvalue weighted by atomic mass is 9.66. The molecule has 1 saturated heterocycles. The van der Waals surface area contributed by atoms with Crippen LogP contribution in [0.3, 0.4) is 0 Å². The molecule has 8 nitrogen and oxygen atoms in total. The van der Waals surface area contributed by atoms with Gasteiger partial charge in [0.25, 0.3) is 0 Å². The Morgan fingerprint density at radius 2 is 1.92 bits per heavy atom. The van der Waals surface area contributed by atoms with Crippen LogP contribution in [0.5, 0.6) is 0 Å². The topological polar surface area (TPSA) is 90.1 Å². The molecule has 3 heterocycles. The molecule has 0 N–H and O–H groups in total. The van der Waals surface area contributed by atoms with Crippen molar-refractivity contribution in [3.05, 3.63) is 101 Å². The normalized spacial score (nSPS) is 19.5. The summed E-state index contributed by atoms with van der Waals surface area (Å²) in [4.78, 5) is 18.7. The number of sulfonamides is 1. The summed E-state index contributed by atoms with van der Waals surface area (Å²) in [6, 6.07) is 12.9. The van der Waals surface area contributed by atoms with Crippen LogP contribution in [-0.2, 0) is 23.5 Å². The maximum atomic E-state index is 14.2. The van der Waals surface area contributed by atoms with E-state index in [2.05, 4.69) is 10.1 Å². The second-order valence-corrected chi connectivity index (χ2v) is 11.9. The highest BCUT2D eigenvalue weighted by molar-refractivity contribution is 7.89. The predicted octanol–water partition coefficient (Wildman–Crippen LogP) is 3.96. The first-order valence-electron chi connectivity index (χ1n) is 12.3. The maximum absolute atomic E-state index is 14.2. The number of aryl methyl sites for hydroxylation is 2. The van der Waals surface area contributed by atoms with Crippen LogP contribution >= 0.6 is 0 Å². The number of hydrogen-bond donors (Lipinski definition) is 0. The molecule has 1 aliphatic carbocycles. The Hall–Kier alpha value is -3.89. The zero-order valence-corrected chi connectivity index (χ0v) is 21.8. The zero-order chi connectivity index (χ0) is 26.7. The summed E-state index contributed by atoms with van der Waals surface area (Å²) < 4.78 is 45.8. The highest BCUT2D eigenvalue weighted by Gasteiger charge is 2.52. The first-order chi connectivity index (χ1) is 18.2. The fourth-order valence-electron chi connectivity index (χ4n) is 5.53. The molecule has 0 bridgehead atoms. The zero-order valence-electron chi connectivity index (χ0n) is 21.0. The van der Waals surface area contributed by atoms with Crippen LogP contribution in [0.4, 0.5) is 4.39 Å². The Bertz CT molecular complexity index is 1700. The highest BCUT2D eigenvalue weighted by atomic mass is 32.2. The lowest BCUT2D eigenvalue weighted by Crippen LogP contribution is -2.53. The minimum absolute atomic E-state index is 0.00195. The van der Waals surface area contributed by atoms with E-state index < -0.39 is 15.4 Å². The van der Waals surface area contributed by atoms with Crippen molar-refractivity contribution in [3.63, 3.8) is 0 Å². The van der Waals surface area contributed by atoms with Crippen molar-refractivity contribution in [2.75, 3.05) is 13.1 Å². The lowest BCUT2D eigenvalue weighted by molar-refractivity contribution is 0.0760. The van der Waals surface area contributed by atoms with Crippen molar-refractivity contribution in [2.45, 2.75) is 24.7 Å². The van der Waals surface area contributed by atoms with Crippen molar-refractivity contribution in [3.8, 4) is 5.69 Å². The molecule has 194 valence electrons. The molecule has 1 fully saturated rings. The number of benzene rings is 2. The highest BCUT2D eigenvalue weighted by Crippen LogP contribution is 2.47. The van der Waals surface area contributed by atoms with Crippen molar-refractivity contribution < 1.29 is 17.6 Å². The van der Waals surface area contributed by atoms with E-state index in [1.54, 1.807) is 65.2 Å². The molecule has 38 heavy (non-hydrogen) atoms. The van der Waals surface area contributed by atoms with Crippen LogP contribution in [0.25, 0.3) is 11.8 Å². The average molecular weight is 532 g/mol. The Morgan fingerprint density at radius 1 is 1.13 bits per heavy atom. The van der Waals surface area contributed by atoms with E-state index in [4.69, 9.17) is 0 Å². The van der Waals surface area contributed by atoms with E-state index >= 15 is 0 Å². The lowest BCUT2D eigenvalue weighted by Gasteiger charge is -2.44. The van der Waals surface area contributed by atoms with Gasteiger partial charge in [-0.05, 0) is 73.4 Å². The molecule has 0 unspecified atom stereocenters. The fourth-order valence-corrected chi connectivity index (χ4v) is 7.14. The van der Waals surface area contributed by atoms with E-state index in [-0.39, 0.29) is 41.8 Å². The monoisotopic (exact) mass is 531 g/mol. The maximum Gasteiger partial charge on any atom is 0.243 e. The first kappa shape index (κ1) is 24.4. The van der Waals surface area contributed by atoms with Crippen molar-refractivity contribution in [2.24, 2.45) is 12.5 Å². The van der Waals surface area contributed by atoms with Gasteiger partial charge < -0.3 is 4.57 Å². The van der Waals surface area contributed by atoms with Gasteiger partial charge in [-0.25, -0.2) is 22.5 Å². The summed E-state index contributed by atoms with van der Waals surface area (Å²) in [5, 5.41) is 4.54. The van der Waals surface area contributed by atoms with Crippen LogP contribution < -0.4 is 0 Å². The summed E-state index contributed by atoms with van der Waals surface area (Å²) in [6.07, 6.45) is 7.59. The van der Waals surface area contributed by atoms with Crippen LogP contribution in [-0.4, -0.2) is 50.9 Å². The number of ketones is 1. The van der Waals surface area contributed by atoms with Gasteiger partial charge in [0.05, 0.1) is 27.9 Å². The number of piperidine rings is 1. The summed E-state index contributed by atoms with van der Waals surface area (Å²) >= 11 is 0. The summed E-state index contributed by atoms with van der Waals surface area (Å²) in [7, 11) is -2.08. The van der Waals surface area contributed by atoms with Gasteiger partial charge in [0.1, 0.15) is 5.82 Å².